The number of rotatable bonds is 10. The minimum Gasteiger partial charge on any atom is -0.497 e. The summed E-state index contributed by atoms with van der Waals surface area (Å²) in [6.45, 7) is 1.90. The number of carbonyl (C=O) groups is 1. The molecule has 0 bridgehead atoms. The molecule has 2 N–H and O–H groups in total. The topological polar surface area (TPSA) is 93.7 Å². The number of hydrogen-bond donors (Lipinski definition) is 2. The van der Waals surface area contributed by atoms with Crippen LogP contribution in [0, 0.1) is 0 Å². The first-order valence-electron chi connectivity index (χ1n) is 10.1. The molecule has 3 aromatic rings. The maximum absolute atomic E-state index is 12.5. The molecular weight excluding hydrogens is 428 g/mol. The van der Waals surface area contributed by atoms with Crippen molar-refractivity contribution in [3.63, 3.8) is 0 Å². The molecule has 7 nitrogen and oxygen atoms in total. The normalized spacial score (nSPS) is 12.1. The van der Waals surface area contributed by atoms with Gasteiger partial charge >= 0.3 is 0 Å². The van der Waals surface area contributed by atoms with E-state index in [4.69, 9.17) is 9.47 Å². The molecule has 0 aliphatic carbocycles. The summed E-state index contributed by atoms with van der Waals surface area (Å²) in [6, 6.07) is 22.4. The molecule has 3 aromatic carbocycles. The fraction of sp³-hybridized carbons (Fsp3) is 0.208. The predicted octanol–water partition coefficient (Wildman–Crippen LogP) is 3.43. The van der Waals surface area contributed by atoms with Crippen LogP contribution >= 0.6 is 0 Å². The van der Waals surface area contributed by atoms with Gasteiger partial charge in [0.25, 0.3) is 5.91 Å². The molecule has 0 aliphatic rings. The van der Waals surface area contributed by atoms with E-state index in [2.05, 4.69) is 10.0 Å². The van der Waals surface area contributed by atoms with Crippen LogP contribution in [0.1, 0.15) is 24.1 Å². The molecule has 0 aliphatic heterocycles. The van der Waals surface area contributed by atoms with Crippen molar-refractivity contribution in [3.8, 4) is 11.5 Å². The van der Waals surface area contributed by atoms with Crippen molar-refractivity contribution in [1.82, 2.24) is 10.0 Å². The maximum atomic E-state index is 12.5. The van der Waals surface area contributed by atoms with Gasteiger partial charge in [0.2, 0.25) is 10.0 Å². The van der Waals surface area contributed by atoms with Gasteiger partial charge in [-0.3, -0.25) is 4.79 Å². The third-order valence-corrected chi connectivity index (χ3v) is 6.22. The molecule has 1 amide bonds. The van der Waals surface area contributed by atoms with Crippen molar-refractivity contribution < 1.29 is 22.7 Å². The summed E-state index contributed by atoms with van der Waals surface area (Å²) in [6.07, 6.45) is 0. The minimum atomic E-state index is -3.65. The van der Waals surface area contributed by atoms with E-state index >= 15 is 0 Å². The second kappa shape index (κ2) is 10.8. The summed E-state index contributed by atoms with van der Waals surface area (Å²) in [5.74, 6) is 0.866. The summed E-state index contributed by atoms with van der Waals surface area (Å²) >= 11 is 0. The first-order chi connectivity index (χ1) is 15.4. The maximum Gasteiger partial charge on any atom is 0.258 e. The second-order valence-electron chi connectivity index (χ2n) is 7.13. The summed E-state index contributed by atoms with van der Waals surface area (Å²) in [7, 11) is -2.05. The Bertz CT molecular complexity index is 1120. The van der Waals surface area contributed by atoms with Gasteiger partial charge in [-0.15, -0.1) is 0 Å². The molecule has 1 unspecified atom stereocenters. The van der Waals surface area contributed by atoms with E-state index in [1.165, 1.54) is 24.3 Å². The summed E-state index contributed by atoms with van der Waals surface area (Å²) < 4.78 is 38.1. The summed E-state index contributed by atoms with van der Waals surface area (Å²) in [5, 5.41) is 2.86. The molecule has 0 saturated heterocycles. The van der Waals surface area contributed by atoms with Gasteiger partial charge in [-0.2, -0.15) is 0 Å². The third kappa shape index (κ3) is 6.57. The molecule has 0 spiro atoms. The molecule has 0 fully saturated rings. The number of carbonyl (C=O) groups excluding carboxylic acids is 1. The SMILES string of the molecule is COc1ccc(C(C)NC(=O)COc2ccc(S(=O)(=O)NCc3ccccc3)cc2)cc1. The summed E-state index contributed by atoms with van der Waals surface area (Å²) in [4.78, 5) is 12.3. The van der Waals surface area contributed by atoms with Crippen LogP contribution in [-0.2, 0) is 21.4 Å². The molecule has 8 heteroatoms. The van der Waals surface area contributed by atoms with Gasteiger partial charge in [-0.05, 0) is 54.4 Å². The highest BCUT2D eigenvalue weighted by Gasteiger charge is 2.14. The molecule has 1 atom stereocenters. The number of hydrogen-bond acceptors (Lipinski definition) is 5. The Morgan fingerprint density at radius 3 is 2.16 bits per heavy atom. The fourth-order valence-electron chi connectivity index (χ4n) is 2.98. The number of ether oxygens (including phenoxy) is 2. The number of benzene rings is 3. The molecule has 168 valence electrons. The Hall–Kier alpha value is -3.36. The zero-order valence-electron chi connectivity index (χ0n) is 17.9. The number of methoxy groups -OCH3 is 1. The molecule has 32 heavy (non-hydrogen) atoms. The minimum absolute atomic E-state index is 0.123. The Balaban J connectivity index is 1.49. The predicted molar refractivity (Wildman–Crippen MR) is 122 cm³/mol. The zero-order valence-corrected chi connectivity index (χ0v) is 18.8. The van der Waals surface area contributed by atoms with Gasteiger partial charge in [0, 0.05) is 6.54 Å². The molecule has 0 heterocycles. The standard InChI is InChI=1S/C24H26N2O5S/c1-18(20-8-10-21(30-2)11-9-20)26-24(27)17-31-22-12-14-23(15-13-22)32(28,29)25-16-19-6-4-3-5-7-19/h3-15,18,25H,16-17H2,1-2H3,(H,26,27). The first kappa shape index (κ1) is 23.3. The Morgan fingerprint density at radius 2 is 1.53 bits per heavy atom. The number of nitrogens with one attached hydrogen (secondary N) is 2. The molecule has 0 aromatic heterocycles. The van der Waals surface area contributed by atoms with Crippen molar-refractivity contribution in [1.29, 1.82) is 0 Å². The van der Waals surface area contributed by atoms with Gasteiger partial charge in [0.05, 0.1) is 18.0 Å². The fourth-order valence-corrected chi connectivity index (χ4v) is 4.00. The van der Waals surface area contributed by atoms with E-state index < -0.39 is 10.0 Å². The molecular formula is C24H26N2O5S. The highest BCUT2D eigenvalue weighted by Crippen LogP contribution is 2.18. The van der Waals surface area contributed by atoms with Crippen LogP contribution in [0.15, 0.2) is 83.8 Å². The Kier molecular flexibility index (Phi) is 7.86. The van der Waals surface area contributed by atoms with Crippen molar-refractivity contribution in [2.75, 3.05) is 13.7 Å². The lowest BCUT2D eigenvalue weighted by Gasteiger charge is -2.15. The van der Waals surface area contributed by atoms with Crippen molar-refractivity contribution in [2.24, 2.45) is 0 Å². The van der Waals surface area contributed by atoms with E-state index in [-0.39, 0.29) is 30.0 Å². The van der Waals surface area contributed by atoms with Gasteiger partial charge in [-0.1, -0.05) is 42.5 Å². The number of amides is 1. The van der Waals surface area contributed by atoms with Crippen LogP contribution in [0.25, 0.3) is 0 Å². The molecule has 0 radical (unpaired) electrons. The smallest absolute Gasteiger partial charge is 0.258 e. The Labute approximate surface area is 188 Å². The third-order valence-electron chi connectivity index (χ3n) is 4.81. The first-order valence-corrected chi connectivity index (χ1v) is 11.6. The van der Waals surface area contributed by atoms with Crippen LogP contribution in [-0.4, -0.2) is 28.0 Å². The van der Waals surface area contributed by atoms with E-state index in [1.807, 2.05) is 61.5 Å². The van der Waals surface area contributed by atoms with E-state index in [9.17, 15) is 13.2 Å². The van der Waals surface area contributed by atoms with Crippen molar-refractivity contribution >= 4 is 15.9 Å². The number of sulfonamides is 1. The van der Waals surface area contributed by atoms with E-state index in [0.29, 0.717) is 5.75 Å². The monoisotopic (exact) mass is 454 g/mol. The van der Waals surface area contributed by atoms with Crippen LogP contribution < -0.4 is 19.5 Å². The van der Waals surface area contributed by atoms with Crippen molar-refractivity contribution in [3.05, 3.63) is 90.0 Å². The average Bonchev–Trinajstić information content (AvgIpc) is 2.82. The lowest BCUT2D eigenvalue weighted by Crippen LogP contribution is -2.31. The second-order valence-corrected chi connectivity index (χ2v) is 8.90. The van der Waals surface area contributed by atoms with Gasteiger partial charge in [0.15, 0.2) is 6.61 Å². The van der Waals surface area contributed by atoms with E-state index in [0.717, 1.165) is 16.9 Å². The largest absolute Gasteiger partial charge is 0.497 e. The van der Waals surface area contributed by atoms with Crippen LogP contribution in [0.4, 0.5) is 0 Å². The van der Waals surface area contributed by atoms with Gasteiger partial charge in [-0.25, -0.2) is 13.1 Å². The van der Waals surface area contributed by atoms with Crippen LogP contribution in [0.3, 0.4) is 0 Å². The zero-order chi connectivity index (χ0) is 23.0. The quantitative estimate of drug-likeness (QED) is 0.490. The molecule has 3 rings (SSSR count). The van der Waals surface area contributed by atoms with Crippen molar-refractivity contribution in [2.45, 2.75) is 24.4 Å². The molecule has 0 saturated carbocycles. The van der Waals surface area contributed by atoms with Gasteiger partial charge < -0.3 is 14.8 Å². The average molecular weight is 455 g/mol. The van der Waals surface area contributed by atoms with Crippen LogP contribution in [0.2, 0.25) is 0 Å². The lowest BCUT2D eigenvalue weighted by molar-refractivity contribution is -0.123. The van der Waals surface area contributed by atoms with Crippen LogP contribution in [0.5, 0.6) is 11.5 Å². The highest BCUT2D eigenvalue weighted by molar-refractivity contribution is 7.89. The highest BCUT2D eigenvalue weighted by atomic mass is 32.2. The van der Waals surface area contributed by atoms with Gasteiger partial charge in [0.1, 0.15) is 11.5 Å². The Morgan fingerprint density at radius 1 is 0.906 bits per heavy atom. The summed E-state index contributed by atoms with van der Waals surface area (Å²) in [5.41, 5.74) is 1.81. The lowest BCUT2D eigenvalue weighted by atomic mass is 10.1. The van der Waals surface area contributed by atoms with E-state index in [1.54, 1.807) is 7.11 Å².